The van der Waals surface area contributed by atoms with Crippen LogP contribution in [0.5, 0.6) is 0 Å². The molecule has 3 aromatic carbocycles. The lowest BCUT2D eigenvalue weighted by molar-refractivity contribution is 0.595. The number of anilines is 1. The van der Waals surface area contributed by atoms with Crippen molar-refractivity contribution in [3.63, 3.8) is 0 Å². The lowest BCUT2D eigenvalue weighted by Crippen LogP contribution is -2.29. The van der Waals surface area contributed by atoms with E-state index in [4.69, 9.17) is 11.6 Å². The number of rotatable bonds is 4. The van der Waals surface area contributed by atoms with Crippen molar-refractivity contribution in [2.45, 2.75) is 11.8 Å². The Kier molecular flexibility index (Phi) is 5.89. The highest BCUT2D eigenvalue weighted by Crippen LogP contribution is 2.27. The summed E-state index contributed by atoms with van der Waals surface area (Å²) in [5.74, 6) is 5.78. The van der Waals surface area contributed by atoms with E-state index in [0.717, 1.165) is 9.87 Å². The predicted octanol–water partition coefficient (Wildman–Crippen LogP) is 5.41. The molecule has 0 bridgehead atoms. The molecule has 0 aliphatic carbocycles. The Balaban J connectivity index is 2.05. The molecule has 5 heteroatoms. The Hall–Kier alpha value is -3.00. The van der Waals surface area contributed by atoms with E-state index in [9.17, 15) is 8.42 Å². The summed E-state index contributed by atoms with van der Waals surface area (Å²) in [6, 6.07) is 22.5. The molecule has 0 saturated heterocycles. The highest BCUT2D eigenvalue weighted by Gasteiger charge is 2.26. The van der Waals surface area contributed by atoms with Crippen LogP contribution in [0.1, 0.15) is 11.1 Å². The molecule has 0 radical (unpaired) electrons. The van der Waals surface area contributed by atoms with E-state index in [1.807, 2.05) is 13.0 Å². The molecule has 3 aromatic rings. The predicted molar refractivity (Wildman–Crippen MR) is 115 cm³/mol. The maximum absolute atomic E-state index is 13.3. The van der Waals surface area contributed by atoms with Crippen LogP contribution in [0.2, 0.25) is 5.02 Å². The Labute approximate surface area is 171 Å². The van der Waals surface area contributed by atoms with Gasteiger partial charge in [-0.25, -0.2) is 12.7 Å². The average Bonchev–Trinajstić information content (AvgIpc) is 2.67. The van der Waals surface area contributed by atoms with Gasteiger partial charge in [0.25, 0.3) is 10.0 Å². The SMILES string of the molecule is C=C(C#Cc1cccc(Cl)c1)N(c1ccccc1)S(=O)(=O)c1ccc(C)cc1. The summed E-state index contributed by atoms with van der Waals surface area (Å²) in [6.45, 7) is 5.82. The van der Waals surface area contributed by atoms with Crippen molar-refractivity contribution in [3.8, 4) is 11.8 Å². The van der Waals surface area contributed by atoms with E-state index in [2.05, 4.69) is 18.4 Å². The fourth-order valence-electron chi connectivity index (χ4n) is 2.58. The molecule has 140 valence electrons. The largest absolute Gasteiger partial charge is 0.269 e. The van der Waals surface area contributed by atoms with Crippen LogP contribution >= 0.6 is 11.6 Å². The average molecular weight is 408 g/mol. The Morgan fingerprint density at radius 2 is 1.64 bits per heavy atom. The normalized spacial score (nSPS) is 10.6. The molecule has 0 N–H and O–H groups in total. The number of benzene rings is 3. The first kappa shape index (κ1) is 19.8. The van der Waals surface area contributed by atoms with Crippen molar-refractivity contribution in [2.75, 3.05) is 4.31 Å². The Morgan fingerprint density at radius 3 is 2.29 bits per heavy atom. The molecule has 0 aromatic heterocycles. The topological polar surface area (TPSA) is 37.4 Å². The van der Waals surface area contributed by atoms with Crippen molar-refractivity contribution in [1.29, 1.82) is 0 Å². The highest BCUT2D eigenvalue weighted by atomic mass is 35.5. The molecule has 28 heavy (non-hydrogen) atoms. The second-order valence-electron chi connectivity index (χ2n) is 6.13. The van der Waals surface area contributed by atoms with Gasteiger partial charge in [0.05, 0.1) is 10.6 Å². The van der Waals surface area contributed by atoms with Crippen molar-refractivity contribution < 1.29 is 8.42 Å². The molecule has 0 saturated carbocycles. The number of hydrogen-bond acceptors (Lipinski definition) is 2. The molecule has 0 atom stereocenters. The van der Waals surface area contributed by atoms with Gasteiger partial charge in [0, 0.05) is 10.6 Å². The van der Waals surface area contributed by atoms with Gasteiger partial charge in [-0.15, -0.1) is 0 Å². The van der Waals surface area contributed by atoms with Gasteiger partial charge in [0.1, 0.15) is 5.70 Å². The van der Waals surface area contributed by atoms with Gasteiger partial charge < -0.3 is 0 Å². The Morgan fingerprint density at radius 1 is 0.964 bits per heavy atom. The Bertz CT molecular complexity index is 1160. The van der Waals surface area contributed by atoms with Crippen LogP contribution in [-0.4, -0.2) is 8.42 Å². The standard InChI is InChI=1S/C23H18ClNO2S/c1-18-11-15-23(16-12-18)28(26,27)25(22-9-4-3-5-10-22)19(2)13-14-20-7-6-8-21(24)17-20/h3-12,15-17H,2H2,1H3. The van der Waals surface area contributed by atoms with Crippen molar-refractivity contribution in [2.24, 2.45) is 0 Å². The molecule has 0 amide bonds. The van der Waals surface area contributed by atoms with Crippen molar-refractivity contribution >= 4 is 27.3 Å². The quantitative estimate of drug-likeness (QED) is 0.542. The van der Waals surface area contributed by atoms with Gasteiger partial charge >= 0.3 is 0 Å². The summed E-state index contributed by atoms with van der Waals surface area (Å²) in [7, 11) is -3.88. The van der Waals surface area contributed by atoms with Crippen LogP contribution < -0.4 is 4.31 Å². The van der Waals surface area contributed by atoms with Crippen LogP contribution in [0, 0.1) is 18.8 Å². The molecule has 0 heterocycles. The number of nitrogens with zero attached hydrogens (tertiary/aromatic N) is 1. The minimum atomic E-state index is -3.88. The number of sulfonamides is 1. The minimum Gasteiger partial charge on any atom is -0.227 e. The third-order valence-corrected chi connectivity index (χ3v) is 5.99. The van der Waals surface area contributed by atoms with Gasteiger partial charge in [0.2, 0.25) is 0 Å². The fourth-order valence-corrected chi connectivity index (χ4v) is 4.20. The minimum absolute atomic E-state index is 0.145. The number of aryl methyl sites for hydroxylation is 1. The van der Waals surface area contributed by atoms with Crippen molar-refractivity contribution in [3.05, 3.63) is 107 Å². The van der Waals surface area contributed by atoms with Gasteiger partial charge in [0.15, 0.2) is 0 Å². The van der Waals surface area contributed by atoms with E-state index >= 15 is 0 Å². The summed E-state index contributed by atoms with van der Waals surface area (Å²) < 4.78 is 27.8. The number of halogens is 1. The van der Waals surface area contributed by atoms with E-state index in [-0.39, 0.29) is 10.6 Å². The molecule has 0 unspecified atom stereocenters. The van der Waals surface area contributed by atoms with Gasteiger partial charge in [-0.2, -0.15) is 0 Å². The molecule has 3 rings (SSSR count). The van der Waals surface area contributed by atoms with Crippen LogP contribution in [0.15, 0.2) is 96.0 Å². The van der Waals surface area contributed by atoms with Crippen molar-refractivity contribution in [1.82, 2.24) is 0 Å². The van der Waals surface area contributed by atoms with Crippen LogP contribution in [-0.2, 0) is 10.0 Å². The summed E-state index contributed by atoms with van der Waals surface area (Å²) >= 11 is 5.99. The van der Waals surface area contributed by atoms with Gasteiger partial charge in [-0.1, -0.05) is 66.1 Å². The summed E-state index contributed by atoms with van der Waals surface area (Å²) in [5, 5.41) is 0.560. The first-order chi connectivity index (χ1) is 13.4. The molecule has 0 aliphatic rings. The monoisotopic (exact) mass is 407 g/mol. The number of para-hydroxylation sites is 1. The van der Waals surface area contributed by atoms with E-state index < -0.39 is 10.0 Å². The first-order valence-electron chi connectivity index (χ1n) is 8.51. The molecular weight excluding hydrogens is 390 g/mol. The third-order valence-electron chi connectivity index (χ3n) is 3.97. The smallest absolute Gasteiger partial charge is 0.227 e. The highest BCUT2D eigenvalue weighted by molar-refractivity contribution is 7.93. The summed E-state index contributed by atoms with van der Waals surface area (Å²) in [5.41, 5.74) is 2.26. The summed E-state index contributed by atoms with van der Waals surface area (Å²) in [6.07, 6.45) is 0. The molecule has 0 aliphatic heterocycles. The molecule has 0 fully saturated rings. The fraction of sp³-hybridized carbons (Fsp3) is 0.0435. The lowest BCUT2D eigenvalue weighted by Gasteiger charge is -2.23. The zero-order valence-corrected chi connectivity index (χ0v) is 16.8. The zero-order valence-electron chi connectivity index (χ0n) is 15.3. The van der Waals surface area contributed by atoms with Crippen LogP contribution in [0.3, 0.4) is 0 Å². The van der Waals surface area contributed by atoms with E-state index in [1.165, 1.54) is 0 Å². The second kappa shape index (κ2) is 8.35. The van der Waals surface area contributed by atoms with Crippen LogP contribution in [0.4, 0.5) is 5.69 Å². The van der Waals surface area contributed by atoms with E-state index in [0.29, 0.717) is 16.3 Å². The van der Waals surface area contributed by atoms with Gasteiger partial charge in [-0.05, 0) is 55.3 Å². The number of allylic oxidation sites excluding steroid dienone is 1. The molecule has 0 spiro atoms. The maximum Gasteiger partial charge on any atom is 0.269 e. The lowest BCUT2D eigenvalue weighted by atomic mass is 10.2. The molecule has 3 nitrogen and oxygen atoms in total. The van der Waals surface area contributed by atoms with E-state index in [1.54, 1.807) is 72.8 Å². The van der Waals surface area contributed by atoms with Gasteiger partial charge in [-0.3, -0.25) is 0 Å². The number of hydrogen-bond donors (Lipinski definition) is 0. The maximum atomic E-state index is 13.3. The third kappa shape index (κ3) is 4.45. The molecular formula is C23H18ClNO2S. The second-order valence-corrected chi connectivity index (χ2v) is 8.35. The first-order valence-corrected chi connectivity index (χ1v) is 10.3. The van der Waals surface area contributed by atoms with Crippen LogP contribution in [0.25, 0.3) is 0 Å². The summed E-state index contributed by atoms with van der Waals surface area (Å²) in [4.78, 5) is 0.174. The zero-order chi connectivity index (χ0) is 20.1.